The van der Waals surface area contributed by atoms with E-state index < -0.39 is 0 Å². The van der Waals surface area contributed by atoms with Crippen LogP contribution in [0.4, 0.5) is 5.69 Å². The maximum atomic E-state index is 11.3. The zero-order valence-electron chi connectivity index (χ0n) is 10.2. The molecule has 94 valence electrons. The number of nitrogens with one attached hydrogen (secondary N) is 1. The first-order valence-electron chi connectivity index (χ1n) is 5.53. The van der Waals surface area contributed by atoms with Crippen molar-refractivity contribution < 1.29 is 4.79 Å². The number of nitrogens with zero attached hydrogens (tertiary/aromatic N) is 1. The molecule has 0 aliphatic heterocycles. The van der Waals surface area contributed by atoms with Crippen LogP contribution in [-0.2, 0) is 11.3 Å². The van der Waals surface area contributed by atoms with Crippen molar-refractivity contribution in [2.45, 2.75) is 13.5 Å². The van der Waals surface area contributed by atoms with Gasteiger partial charge in [0.15, 0.2) is 0 Å². The number of amides is 1. The molecule has 5 heteroatoms. The number of hydrogen-bond acceptors (Lipinski definition) is 3. The van der Waals surface area contributed by atoms with Crippen molar-refractivity contribution in [1.82, 2.24) is 10.2 Å². The van der Waals surface area contributed by atoms with Crippen molar-refractivity contribution in [2.24, 2.45) is 0 Å². The third kappa shape index (κ3) is 4.24. The summed E-state index contributed by atoms with van der Waals surface area (Å²) in [5, 5.41) is 3.17. The summed E-state index contributed by atoms with van der Waals surface area (Å²) in [7, 11) is 1.64. The molecule has 17 heavy (non-hydrogen) atoms. The lowest BCUT2D eigenvalue weighted by atomic mass is 10.2. The minimum atomic E-state index is 0.00813. The average molecular weight is 256 g/mol. The molecule has 0 atom stereocenters. The zero-order valence-corrected chi connectivity index (χ0v) is 10.9. The van der Waals surface area contributed by atoms with Gasteiger partial charge in [-0.15, -0.1) is 0 Å². The van der Waals surface area contributed by atoms with E-state index in [2.05, 4.69) is 5.32 Å². The molecule has 1 rings (SSSR count). The number of nitrogen functional groups attached to an aromatic ring is 1. The lowest BCUT2D eigenvalue weighted by Gasteiger charge is -2.19. The van der Waals surface area contributed by atoms with Crippen LogP contribution >= 0.6 is 11.6 Å². The highest BCUT2D eigenvalue weighted by Gasteiger charge is 2.08. The number of hydrogen-bond donors (Lipinski definition) is 2. The third-order valence-electron chi connectivity index (χ3n) is 2.56. The molecule has 1 aromatic carbocycles. The van der Waals surface area contributed by atoms with E-state index in [1.54, 1.807) is 13.1 Å². The van der Waals surface area contributed by atoms with E-state index in [0.717, 1.165) is 12.1 Å². The molecular weight excluding hydrogens is 238 g/mol. The van der Waals surface area contributed by atoms with E-state index in [1.165, 1.54) is 0 Å². The van der Waals surface area contributed by atoms with Crippen LogP contribution in [0.25, 0.3) is 0 Å². The minimum Gasteiger partial charge on any atom is -0.398 e. The highest BCUT2D eigenvalue weighted by Crippen LogP contribution is 2.20. The fraction of sp³-hybridized carbons (Fsp3) is 0.417. The fourth-order valence-corrected chi connectivity index (χ4v) is 1.63. The summed E-state index contributed by atoms with van der Waals surface area (Å²) in [6.45, 7) is 3.89. The fourth-order valence-electron chi connectivity index (χ4n) is 1.51. The van der Waals surface area contributed by atoms with Gasteiger partial charge in [0, 0.05) is 13.6 Å². The second-order valence-corrected chi connectivity index (χ2v) is 4.24. The Labute approximate surface area is 107 Å². The summed E-state index contributed by atoms with van der Waals surface area (Å²) in [5.41, 5.74) is 7.36. The van der Waals surface area contributed by atoms with Crippen LogP contribution in [0.1, 0.15) is 12.5 Å². The molecule has 0 bridgehead atoms. The van der Waals surface area contributed by atoms with E-state index in [4.69, 9.17) is 17.3 Å². The number of halogens is 1. The molecule has 0 fully saturated rings. The Morgan fingerprint density at radius 1 is 1.53 bits per heavy atom. The lowest BCUT2D eigenvalue weighted by molar-refractivity contribution is -0.121. The Morgan fingerprint density at radius 2 is 2.24 bits per heavy atom. The van der Waals surface area contributed by atoms with Gasteiger partial charge < -0.3 is 11.1 Å². The number of rotatable bonds is 5. The Balaban J connectivity index is 2.67. The monoisotopic (exact) mass is 255 g/mol. The van der Waals surface area contributed by atoms with Gasteiger partial charge in [-0.3, -0.25) is 9.69 Å². The zero-order chi connectivity index (χ0) is 12.8. The number of nitrogens with two attached hydrogens (primary N) is 1. The molecule has 0 saturated carbocycles. The van der Waals surface area contributed by atoms with Crippen molar-refractivity contribution in [3.05, 3.63) is 28.8 Å². The molecule has 3 N–H and O–H groups in total. The Hall–Kier alpha value is -1.26. The predicted molar refractivity (Wildman–Crippen MR) is 70.9 cm³/mol. The molecule has 0 aromatic heterocycles. The number of anilines is 1. The van der Waals surface area contributed by atoms with E-state index in [9.17, 15) is 4.79 Å². The predicted octanol–water partition coefficient (Wildman–Crippen LogP) is 1.49. The average Bonchev–Trinajstić information content (AvgIpc) is 2.32. The van der Waals surface area contributed by atoms with Gasteiger partial charge in [0.1, 0.15) is 0 Å². The highest BCUT2D eigenvalue weighted by atomic mass is 35.5. The van der Waals surface area contributed by atoms with Crippen molar-refractivity contribution in [2.75, 3.05) is 25.9 Å². The van der Waals surface area contributed by atoms with E-state index >= 15 is 0 Å². The van der Waals surface area contributed by atoms with Crippen molar-refractivity contribution in [3.8, 4) is 0 Å². The molecule has 1 amide bonds. The lowest BCUT2D eigenvalue weighted by Crippen LogP contribution is -2.35. The quantitative estimate of drug-likeness (QED) is 0.784. The summed E-state index contributed by atoms with van der Waals surface area (Å²) in [4.78, 5) is 13.3. The number of carbonyl (C=O) groups excluding carboxylic acids is 1. The Morgan fingerprint density at radius 3 is 2.76 bits per heavy atom. The van der Waals surface area contributed by atoms with E-state index in [-0.39, 0.29) is 5.91 Å². The molecule has 0 aliphatic carbocycles. The molecule has 0 spiro atoms. The Kier molecular flexibility index (Phi) is 5.25. The molecule has 1 aromatic rings. The smallest absolute Gasteiger partial charge is 0.233 e. The van der Waals surface area contributed by atoms with Gasteiger partial charge in [0.2, 0.25) is 5.91 Å². The first kappa shape index (κ1) is 13.8. The first-order chi connectivity index (χ1) is 8.06. The number of likely N-dealkylation sites (N-methyl/N-ethyl adjacent to an activating group) is 2. The van der Waals surface area contributed by atoms with Crippen LogP contribution in [0.5, 0.6) is 0 Å². The van der Waals surface area contributed by atoms with Crippen LogP contribution in [0.15, 0.2) is 18.2 Å². The van der Waals surface area contributed by atoms with Crippen molar-refractivity contribution >= 4 is 23.2 Å². The highest BCUT2D eigenvalue weighted by molar-refractivity contribution is 6.33. The van der Waals surface area contributed by atoms with Crippen LogP contribution in [0.2, 0.25) is 5.02 Å². The van der Waals surface area contributed by atoms with Crippen LogP contribution in [-0.4, -0.2) is 30.9 Å². The molecule has 0 unspecified atom stereocenters. The van der Waals surface area contributed by atoms with Gasteiger partial charge in [-0.05, 0) is 24.2 Å². The maximum Gasteiger partial charge on any atom is 0.233 e. The maximum absolute atomic E-state index is 11.3. The normalized spacial score (nSPS) is 10.6. The minimum absolute atomic E-state index is 0.00813. The summed E-state index contributed by atoms with van der Waals surface area (Å²) in [5.74, 6) is 0.00813. The van der Waals surface area contributed by atoms with Crippen molar-refractivity contribution in [1.29, 1.82) is 0 Å². The van der Waals surface area contributed by atoms with Gasteiger partial charge >= 0.3 is 0 Å². The van der Waals surface area contributed by atoms with Crippen LogP contribution in [0.3, 0.4) is 0 Å². The molecule has 0 saturated heterocycles. The SMILES string of the molecule is CCN(CC(=O)NC)Cc1ccc(Cl)c(N)c1. The van der Waals surface area contributed by atoms with E-state index in [0.29, 0.717) is 23.8 Å². The summed E-state index contributed by atoms with van der Waals surface area (Å²) in [6.07, 6.45) is 0. The largest absolute Gasteiger partial charge is 0.398 e. The molecule has 0 heterocycles. The second kappa shape index (κ2) is 6.47. The van der Waals surface area contributed by atoms with Gasteiger partial charge in [0.05, 0.1) is 17.3 Å². The standard InChI is InChI=1S/C12H18ClN3O/c1-3-16(8-12(17)15-2)7-9-4-5-10(13)11(14)6-9/h4-6H,3,7-8,14H2,1-2H3,(H,15,17). The van der Waals surface area contributed by atoms with Gasteiger partial charge in [-0.1, -0.05) is 24.6 Å². The Bertz CT molecular complexity index is 395. The molecule has 0 radical (unpaired) electrons. The first-order valence-corrected chi connectivity index (χ1v) is 5.91. The second-order valence-electron chi connectivity index (χ2n) is 3.83. The molecule has 4 nitrogen and oxygen atoms in total. The molecule has 0 aliphatic rings. The van der Waals surface area contributed by atoms with E-state index in [1.807, 2.05) is 24.0 Å². The number of benzene rings is 1. The molecular formula is C12H18ClN3O. The summed E-state index contributed by atoms with van der Waals surface area (Å²) >= 11 is 5.86. The van der Waals surface area contributed by atoms with Crippen molar-refractivity contribution in [3.63, 3.8) is 0 Å². The number of carbonyl (C=O) groups is 1. The van der Waals surface area contributed by atoms with Gasteiger partial charge in [-0.2, -0.15) is 0 Å². The van der Waals surface area contributed by atoms with Gasteiger partial charge in [0.25, 0.3) is 0 Å². The van der Waals surface area contributed by atoms with Crippen LogP contribution in [0, 0.1) is 0 Å². The third-order valence-corrected chi connectivity index (χ3v) is 2.90. The van der Waals surface area contributed by atoms with Crippen LogP contribution < -0.4 is 11.1 Å². The topological polar surface area (TPSA) is 58.4 Å². The summed E-state index contributed by atoms with van der Waals surface area (Å²) < 4.78 is 0. The summed E-state index contributed by atoms with van der Waals surface area (Å²) in [6, 6.07) is 5.54. The van der Waals surface area contributed by atoms with Gasteiger partial charge in [-0.25, -0.2) is 0 Å².